The first-order chi connectivity index (χ1) is 14.1. The molecule has 3 heterocycles. The molecule has 1 aliphatic heterocycles. The number of nitrogens with zero attached hydrogens (tertiary/aromatic N) is 4. The van der Waals surface area contributed by atoms with Crippen LogP contribution in [0.3, 0.4) is 0 Å². The summed E-state index contributed by atoms with van der Waals surface area (Å²) in [7, 11) is 0. The predicted octanol–water partition coefficient (Wildman–Crippen LogP) is 4.05. The standard InChI is InChI=1S/C20H24ClN7O/c1-14-12-15(26-25-14)13-27-10-7-16(8-11-27)28-19(6-9-22-28)24-20(29)23-18-5-3-2-4-17(18)21/h2-6,9,12,16H,7-8,10-11,13H2,1H3,(H,25,26)(H2,23,24,29). The normalized spacial score (nSPS) is 15.4. The average molecular weight is 414 g/mol. The zero-order chi connectivity index (χ0) is 20.2. The Morgan fingerprint density at radius 3 is 2.76 bits per heavy atom. The van der Waals surface area contributed by atoms with Gasteiger partial charge in [-0.2, -0.15) is 10.2 Å². The van der Waals surface area contributed by atoms with Crippen molar-refractivity contribution in [3.8, 4) is 0 Å². The zero-order valence-corrected chi connectivity index (χ0v) is 17.0. The lowest BCUT2D eigenvalue weighted by molar-refractivity contribution is 0.172. The van der Waals surface area contributed by atoms with Crippen molar-refractivity contribution in [2.24, 2.45) is 0 Å². The molecular weight excluding hydrogens is 390 g/mol. The van der Waals surface area contributed by atoms with Gasteiger partial charge in [0.05, 0.1) is 28.6 Å². The van der Waals surface area contributed by atoms with Crippen LogP contribution in [0.1, 0.15) is 30.3 Å². The van der Waals surface area contributed by atoms with Gasteiger partial charge in [0.1, 0.15) is 5.82 Å². The van der Waals surface area contributed by atoms with Crippen LogP contribution in [0.4, 0.5) is 16.3 Å². The lowest BCUT2D eigenvalue weighted by Crippen LogP contribution is -2.35. The van der Waals surface area contributed by atoms with Crippen LogP contribution in [-0.4, -0.2) is 44.0 Å². The number of carbonyl (C=O) groups is 1. The first-order valence-corrected chi connectivity index (χ1v) is 10.1. The monoisotopic (exact) mass is 413 g/mol. The van der Waals surface area contributed by atoms with Crippen molar-refractivity contribution < 1.29 is 4.79 Å². The molecule has 3 aromatic rings. The number of aromatic nitrogens is 4. The van der Waals surface area contributed by atoms with Crippen molar-refractivity contribution in [3.05, 3.63) is 59.0 Å². The Hall–Kier alpha value is -2.84. The number of benzene rings is 1. The highest BCUT2D eigenvalue weighted by molar-refractivity contribution is 6.33. The quantitative estimate of drug-likeness (QED) is 0.588. The Bertz CT molecular complexity index is 975. The SMILES string of the molecule is Cc1cc(CN2CCC(n3nccc3NC(=O)Nc3ccccc3Cl)CC2)n[nH]1. The second-order valence-electron chi connectivity index (χ2n) is 7.27. The minimum Gasteiger partial charge on any atom is -0.306 e. The highest BCUT2D eigenvalue weighted by atomic mass is 35.5. The summed E-state index contributed by atoms with van der Waals surface area (Å²) in [6.45, 7) is 4.78. The molecule has 0 spiro atoms. The summed E-state index contributed by atoms with van der Waals surface area (Å²) < 4.78 is 1.90. The Labute approximate surface area is 174 Å². The van der Waals surface area contributed by atoms with Crippen LogP contribution < -0.4 is 10.6 Å². The van der Waals surface area contributed by atoms with Gasteiger partial charge in [0, 0.05) is 31.4 Å². The number of aryl methyl sites for hydroxylation is 1. The highest BCUT2D eigenvalue weighted by Gasteiger charge is 2.23. The second kappa shape index (κ2) is 8.67. The summed E-state index contributed by atoms with van der Waals surface area (Å²) in [5.41, 5.74) is 2.72. The van der Waals surface area contributed by atoms with Crippen molar-refractivity contribution in [1.29, 1.82) is 0 Å². The first-order valence-electron chi connectivity index (χ1n) is 9.68. The van der Waals surface area contributed by atoms with E-state index in [0.717, 1.165) is 43.9 Å². The molecule has 0 saturated carbocycles. The molecule has 1 aliphatic rings. The molecule has 8 nitrogen and oxygen atoms in total. The number of halogens is 1. The summed E-state index contributed by atoms with van der Waals surface area (Å²) in [5.74, 6) is 0.677. The number of amides is 2. The van der Waals surface area contributed by atoms with Gasteiger partial charge in [0.25, 0.3) is 0 Å². The fourth-order valence-corrected chi connectivity index (χ4v) is 3.83. The number of aromatic amines is 1. The molecule has 0 atom stereocenters. The van der Waals surface area contributed by atoms with Crippen LogP contribution in [0.15, 0.2) is 42.6 Å². The van der Waals surface area contributed by atoms with Gasteiger partial charge in [-0.3, -0.25) is 15.3 Å². The molecule has 0 unspecified atom stereocenters. The van der Waals surface area contributed by atoms with E-state index in [1.807, 2.05) is 29.8 Å². The molecule has 0 radical (unpaired) electrons. The smallest absolute Gasteiger partial charge is 0.306 e. The zero-order valence-electron chi connectivity index (χ0n) is 16.2. The van der Waals surface area contributed by atoms with Gasteiger partial charge < -0.3 is 5.32 Å². The fraction of sp³-hybridized carbons (Fsp3) is 0.350. The van der Waals surface area contributed by atoms with Crippen molar-refractivity contribution >= 4 is 29.1 Å². The van der Waals surface area contributed by atoms with Crippen LogP contribution in [0.2, 0.25) is 5.02 Å². The van der Waals surface area contributed by atoms with E-state index in [2.05, 4.69) is 36.9 Å². The van der Waals surface area contributed by atoms with E-state index in [-0.39, 0.29) is 12.1 Å². The van der Waals surface area contributed by atoms with E-state index in [9.17, 15) is 4.79 Å². The third-order valence-corrected chi connectivity index (χ3v) is 5.41. The molecule has 0 aliphatic carbocycles. The third kappa shape index (κ3) is 4.78. The number of hydrogen-bond acceptors (Lipinski definition) is 4. The maximum Gasteiger partial charge on any atom is 0.324 e. The van der Waals surface area contributed by atoms with E-state index < -0.39 is 0 Å². The molecule has 1 fully saturated rings. The average Bonchev–Trinajstić information content (AvgIpc) is 3.33. The summed E-state index contributed by atoms with van der Waals surface area (Å²) in [6.07, 6.45) is 3.64. The molecule has 2 amide bonds. The first kappa shape index (κ1) is 19.5. The summed E-state index contributed by atoms with van der Waals surface area (Å²) in [4.78, 5) is 14.8. The Balaban J connectivity index is 1.33. The number of nitrogens with one attached hydrogen (secondary N) is 3. The van der Waals surface area contributed by atoms with E-state index >= 15 is 0 Å². The largest absolute Gasteiger partial charge is 0.324 e. The van der Waals surface area contributed by atoms with E-state index in [4.69, 9.17) is 11.6 Å². The van der Waals surface area contributed by atoms with Gasteiger partial charge in [0.15, 0.2) is 0 Å². The lowest BCUT2D eigenvalue weighted by Gasteiger charge is -2.32. The van der Waals surface area contributed by atoms with E-state index in [0.29, 0.717) is 16.5 Å². The van der Waals surface area contributed by atoms with Gasteiger partial charge >= 0.3 is 6.03 Å². The van der Waals surface area contributed by atoms with Crippen LogP contribution in [0, 0.1) is 6.92 Å². The Morgan fingerprint density at radius 2 is 2.03 bits per heavy atom. The van der Waals surface area contributed by atoms with Gasteiger partial charge in [-0.15, -0.1) is 0 Å². The molecule has 3 N–H and O–H groups in total. The Kier molecular flexibility index (Phi) is 5.82. The second-order valence-corrected chi connectivity index (χ2v) is 7.68. The number of anilines is 2. The number of hydrogen-bond donors (Lipinski definition) is 3. The van der Waals surface area contributed by atoms with Gasteiger partial charge in [-0.05, 0) is 38.0 Å². The number of carbonyl (C=O) groups excluding carboxylic acids is 1. The molecule has 0 bridgehead atoms. The minimum atomic E-state index is -0.341. The molecular formula is C20H24ClN7O. The van der Waals surface area contributed by atoms with Crippen LogP contribution in [0.5, 0.6) is 0 Å². The molecule has 1 aromatic carbocycles. The Morgan fingerprint density at radius 1 is 1.24 bits per heavy atom. The highest BCUT2D eigenvalue weighted by Crippen LogP contribution is 2.26. The van der Waals surface area contributed by atoms with E-state index in [1.165, 1.54) is 0 Å². The minimum absolute atomic E-state index is 0.248. The summed E-state index contributed by atoms with van der Waals surface area (Å²) in [5, 5.41) is 17.9. The predicted molar refractivity (Wildman–Crippen MR) is 113 cm³/mol. The number of urea groups is 1. The van der Waals surface area contributed by atoms with Crippen molar-refractivity contribution in [2.75, 3.05) is 23.7 Å². The molecule has 9 heteroatoms. The van der Waals surface area contributed by atoms with Crippen LogP contribution >= 0.6 is 11.6 Å². The van der Waals surface area contributed by atoms with Crippen molar-refractivity contribution in [1.82, 2.24) is 24.9 Å². The molecule has 29 heavy (non-hydrogen) atoms. The van der Waals surface area contributed by atoms with Crippen LogP contribution in [-0.2, 0) is 6.54 Å². The third-order valence-electron chi connectivity index (χ3n) is 5.08. The molecule has 152 valence electrons. The van der Waals surface area contributed by atoms with Crippen LogP contribution in [0.25, 0.3) is 0 Å². The topological polar surface area (TPSA) is 90.9 Å². The maximum absolute atomic E-state index is 12.4. The number of H-pyrrole nitrogens is 1. The molecule has 4 rings (SSSR count). The van der Waals surface area contributed by atoms with Gasteiger partial charge in [0.2, 0.25) is 0 Å². The summed E-state index contributed by atoms with van der Waals surface area (Å²) >= 11 is 6.11. The number of piperidine rings is 1. The summed E-state index contributed by atoms with van der Waals surface area (Å²) in [6, 6.07) is 10.9. The van der Waals surface area contributed by atoms with E-state index in [1.54, 1.807) is 18.3 Å². The van der Waals surface area contributed by atoms with Gasteiger partial charge in [-0.1, -0.05) is 23.7 Å². The fourth-order valence-electron chi connectivity index (χ4n) is 3.64. The number of likely N-dealkylation sites (tertiary alicyclic amines) is 1. The molecule has 1 saturated heterocycles. The molecule has 2 aromatic heterocycles. The maximum atomic E-state index is 12.4. The lowest BCUT2D eigenvalue weighted by atomic mass is 10.1. The van der Waals surface area contributed by atoms with Gasteiger partial charge in [-0.25, -0.2) is 9.48 Å². The van der Waals surface area contributed by atoms with Crippen molar-refractivity contribution in [3.63, 3.8) is 0 Å². The number of rotatable bonds is 5. The number of para-hydroxylation sites is 1. The van der Waals surface area contributed by atoms with Crippen molar-refractivity contribution in [2.45, 2.75) is 32.4 Å².